The largest absolute Gasteiger partial charge is 0.491 e. The molecule has 0 amide bonds. The van der Waals surface area contributed by atoms with Crippen LogP contribution in [0.2, 0.25) is 10.0 Å². The van der Waals surface area contributed by atoms with Crippen LogP contribution >= 0.6 is 23.2 Å². The summed E-state index contributed by atoms with van der Waals surface area (Å²) in [5, 5.41) is 1.23. The Balaban J connectivity index is 1.45. The van der Waals surface area contributed by atoms with E-state index in [2.05, 4.69) is 9.80 Å². The van der Waals surface area contributed by atoms with Crippen LogP contribution in [0.4, 0.5) is 0 Å². The Hall–Kier alpha value is -0.480. The van der Waals surface area contributed by atoms with E-state index in [1.807, 2.05) is 12.1 Å². The van der Waals surface area contributed by atoms with E-state index >= 15 is 0 Å². The van der Waals surface area contributed by atoms with E-state index in [0.717, 1.165) is 12.3 Å². The highest BCUT2D eigenvalue weighted by Crippen LogP contribution is 2.27. The molecule has 122 valence electrons. The zero-order valence-electron chi connectivity index (χ0n) is 12.9. The summed E-state index contributed by atoms with van der Waals surface area (Å²) in [6.07, 6.45) is 5.36. The topological polar surface area (TPSA) is 15.7 Å². The fourth-order valence-corrected chi connectivity index (χ4v) is 3.99. The molecule has 0 aromatic heterocycles. The minimum atomic E-state index is 0.586. The molecule has 3 rings (SSSR count). The minimum Gasteiger partial charge on any atom is -0.491 e. The lowest BCUT2D eigenvalue weighted by Gasteiger charge is -2.28. The molecule has 1 atom stereocenters. The molecule has 0 N–H and O–H groups in total. The molecule has 22 heavy (non-hydrogen) atoms. The standard InChI is InChI=1S/C17H24Cl2N2O/c18-14-5-6-17(16(19)12-14)22-11-10-21-9-3-4-15(21)13-20-7-1-2-8-20/h5-6,12,15H,1-4,7-11,13H2. The molecule has 0 radical (unpaired) electrons. The molecule has 5 heteroatoms. The number of halogens is 2. The average molecular weight is 343 g/mol. The second-order valence-electron chi connectivity index (χ2n) is 6.26. The molecule has 0 bridgehead atoms. The van der Waals surface area contributed by atoms with Gasteiger partial charge in [0, 0.05) is 24.2 Å². The second-order valence-corrected chi connectivity index (χ2v) is 7.11. The predicted molar refractivity (Wildman–Crippen MR) is 92.2 cm³/mol. The van der Waals surface area contributed by atoms with Gasteiger partial charge in [0.05, 0.1) is 5.02 Å². The highest BCUT2D eigenvalue weighted by atomic mass is 35.5. The molecule has 1 unspecified atom stereocenters. The van der Waals surface area contributed by atoms with Crippen LogP contribution in [0.5, 0.6) is 5.75 Å². The van der Waals surface area contributed by atoms with Gasteiger partial charge in [-0.1, -0.05) is 23.2 Å². The van der Waals surface area contributed by atoms with Gasteiger partial charge in [0.1, 0.15) is 12.4 Å². The molecule has 0 spiro atoms. The predicted octanol–water partition coefficient (Wildman–Crippen LogP) is 3.93. The quantitative estimate of drug-likeness (QED) is 0.778. The molecular weight excluding hydrogens is 319 g/mol. The first-order chi connectivity index (χ1) is 10.7. The summed E-state index contributed by atoms with van der Waals surface area (Å²) in [6, 6.07) is 6.08. The number of ether oxygens (including phenoxy) is 1. The summed E-state index contributed by atoms with van der Waals surface area (Å²) in [7, 11) is 0. The molecule has 1 aromatic rings. The van der Waals surface area contributed by atoms with Crippen molar-refractivity contribution >= 4 is 23.2 Å². The van der Waals surface area contributed by atoms with Crippen molar-refractivity contribution in [2.75, 3.05) is 39.3 Å². The Kier molecular flexibility index (Phi) is 5.86. The van der Waals surface area contributed by atoms with E-state index in [4.69, 9.17) is 27.9 Å². The third kappa shape index (κ3) is 4.29. The van der Waals surface area contributed by atoms with Crippen molar-refractivity contribution in [3.05, 3.63) is 28.2 Å². The van der Waals surface area contributed by atoms with Crippen molar-refractivity contribution in [3.63, 3.8) is 0 Å². The van der Waals surface area contributed by atoms with Crippen LogP contribution in [0.15, 0.2) is 18.2 Å². The Morgan fingerprint density at radius 2 is 1.91 bits per heavy atom. The third-order valence-corrected chi connectivity index (χ3v) is 5.23. The van der Waals surface area contributed by atoms with Crippen molar-refractivity contribution in [2.45, 2.75) is 31.7 Å². The summed E-state index contributed by atoms with van der Waals surface area (Å²) in [6.45, 7) is 6.62. The number of likely N-dealkylation sites (tertiary alicyclic amines) is 2. The highest BCUT2D eigenvalue weighted by molar-refractivity contribution is 6.35. The SMILES string of the molecule is Clc1ccc(OCCN2CCCC2CN2CCCC2)c(Cl)c1. The lowest BCUT2D eigenvalue weighted by Crippen LogP contribution is -2.41. The molecule has 2 heterocycles. The molecule has 2 aliphatic rings. The first kappa shape index (κ1) is 16.4. The smallest absolute Gasteiger partial charge is 0.138 e. The summed E-state index contributed by atoms with van der Waals surface area (Å²) in [5.41, 5.74) is 0. The number of hydrogen-bond donors (Lipinski definition) is 0. The number of hydrogen-bond acceptors (Lipinski definition) is 3. The van der Waals surface area contributed by atoms with E-state index in [9.17, 15) is 0 Å². The van der Waals surface area contributed by atoms with Crippen molar-refractivity contribution in [1.29, 1.82) is 0 Å². The zero-order chi connectivity index (χ0) is 15.4. The van der Waals surface area contributed by atoms with Gasteiger partial charge in [-0.25, -0.2) is 0 Å². The Morgan fingerprint density at radius 3 is 2.68 bits per heavy atom. The summed E-state index contributed by atoms with van der Waals surface area (Å²) in [5.74, 6) is 0.723. The van der Waals surface area contributed by atoms with Crippen molar-refractivity contribution in [2.24, 2.45) is 0 Å². The van der Waals surface area contributed by atoms with E-state index in [1.165, 1.54) is 51.9 Å². The van der Waals surface area contributed by atoms with Crippen molar-refractivity contribution in [3.8, 4) is 5.75 Å². The van der Waals surface area contributed by atoms with Gasteiger partial charge < -0.3 is 9.64 Å². The maximum Gasteiger partial charge on any atom is 0.138 e. The van der Waals surface area contributed by atoms with Gasteiger partial charge in [-0.2, -0.15) is 0 Å². The molecule has 1 aromatic carbocycles. The van der Waals surface area contributed by atoms with E-state index in [-0.39, 0.29) is 0 Å². The molecule has 3 nitrogen and oxygen atoms in total. The molecule has 2 fully saturated rings. The lowest BCUT2D eigenvalue weighted by molar-refractivity contribution is 0.163. The zero-order valence-corrected chi connectivity index (χ0v) is 14.5. The first-order valence-electron chi connectivity index (χ1n) is 8.26. The fraction of sp³-hybridized carbons (Fsp3) is 0.647. The van der Waals surface area contributed by atoms with E-state index < -0.39 is 0 Å². The summed E-state index contributed by atoms with van der Waals surface area (Å²) < 4.78 is 5.83. The molecular formula is C17H24Cl2N2O. The maximum atomic E-state index is 6.14. The molecule has 0 aliphatic carbocycles. The minimum absolute atomic E-state index is 0.586. The van der Waals surface area contributed by atoms with Crippen molar-refractivity contribution < 1.29 is 4.74 Å². The van der Waals surface area contributed by atoms with Crippen LogP contribution in [0, 0.1) is 0 Å². The number of benzene rings is 1. The van der Waals surface area contributed by atoms with Crippen LogP contribution in [-0.4, -0.2) is 55.2 Å². The number of rotatable bonds is 6. The second kappa shape index (κ2) is 7.87. The fourth-order valence-electron chi connectivity index (χ4n) is 3.52. The van der Waals surface area contributed by atoms with Gasteiger partial charge >= 0.3 is 0 Å². The normalized spacial score (nSPS) is 23.3. The van der Waals surface area contributed by atoms with Gasteiger partial charge in [-0.3, -0.25) is 4.90 Å². The van der Waals surface area contributed by atoms with Crippen LogP contribution in [0.3, 0.4) is 0 Å². The van der Waals surface area contributed by atoms with Crippen LogP contribution in [-0.2, 0) is 0 Å². The Bertz CT molecular complexity index is 492. The van der Waals surface area contributed by atoms with Crippen LogP contribution < -0.4 is 4.74 Å². The van der Waals surface area contributed by atoms with Gasteiger partial charge in [0.25, 0.3) is 0 Å². The Labute approximate surface area is 143 Å². The summed E-state index contributed by atoms with van der Waals surface area (Å²) in [4.78, 5) is 5.18. The maximum absolute atomic E-state index is 6.14. The third-order valence-electron chi connectivity index (χ3n) is 4.70. The Morgan fingerprint density at radius 1 is 1.09 bits per heavy atom. The molecule has 2 saturated heterocycles. The van der Waals surface area contributed by atoms with Gasteiger partial charge in [-0.15, -0.1) is 0 Å². The van der Waals surface area contributed by atoms with Crippen molar-refractivity contribution in [1.82, 2.24) is 9.80 Å². The number of nitrogens with zero attached hydrogens (tertiary/aromatic N) is 2. The molecule has 2 aliphatic heterocycles. The van der Waals surface area contributed by atoms with E-state index in [1.54, 1.807) is 6.07 Å². The van der Waals surface area contributed by atoms with Gasteiger partial charge in [-0.05, 0) is 63.5 Å². The summed E-state index contributed by atoms with van der Waals surface area (Å²) >= 11 is 12.0. The van der Waals surface area contributed by atoms with Gasteiger partial charge in [0.15, 0.2) is 0 Å². The van der Waals surface area contributed by atoms with Crippen LogP contribution in [0.25, 0.3) is 0 Å². The van der Waals surface area contributed by atoms with Crippen LogP contribution in [0.1, 0.15) is 25.7 Å². The monoisotopic (exact) mass is 342 g/mol. The average Bonchev–Trinajstić information content (AvgIpc) is 3.14. The van der Waals surface area contributed by atoms with E-state index in [0.29, 0.717) is 22.7 Å². The lowest BCUT2D eigenvalue weighted by atomic mass is 10.2. The van der Waals surface area contributed by atoms with Gasteiger partial charge in [0.2, 0.25) is 0 Å². The highest BCUT2D eigenvalue weighted by Gasteiger charge is 2.27. The molecule has 0 saturated carbocycles. The first-order valence-corrected chi connectivity index (χ1v) is 9.02.